The van der Waals surface area contributed by atoms with Gasteiger partial charge in [-0.3, -0.25) is 4.78 Å². The summed E-state index contributed by atoms with van der Waals surface area (Å²) in [7, 11) is -2.90. The molecule has 0 bridgehead atoms. The van der Waals surface area contributed by atoms with Crippen molar-refractivity contribution in [1.29, 1.82) is 4.78 Å². The first-order chi connectivity index (χ1) is 12.9. The number of hydrogen-bond donors (Lipinski definition) is 5. The van der Waals surface area contributed by atoms with Crippen LogP contribution in [0.15, 0.2) is 28.0 Å². The molecular weight excluding hydrogens is 379 g/mol. The van der Waals surface area contributed by atoms with E-state index in [2.05, 4.69) is 30.7 Å². The van der Waals surface area contributed by atoms with Crippen molar-refractivity contribution in [3.05, 3.63) is 40.8 Å². The van der Waals surface area contributed by atoms with Gasteiger partial charge in [0.15, 0.2) is 11.5 Å². The molecule has 1 aromatic carbocycles. The largest absolute Gasteiger partial charge is 0.409 e. The highest BCUT2D eigenvalue weighted by atomic mass is 32.2. The molecule has 27 heavy (non-hydrogen) atoms. The summed E-state index contributed by atoms with van der Waals surface area (Å²) in [6.45, 7) is -0.201. The van der Waals surface area contributed by atoms with Crippen molar-refractivity contribution in [2.75, 3.05) is 30.0 Å². The summed E-state index contributed by atoms with van der Waals surface area (Å²) in [5, 5.41) is 34.4. The molecule has 5 N–H and O–H groups in total. The van der Waals surface area contributed by atoms with E-state index in [9.17, 15) is 13.8 Å². The average Bonchev–Trinajstić information content (AvgIpc) is 3.06. The normalized spacial score (nSPS) is 18.3. The molecule has 146 valence electrons. The van der Waals surface area contributed by atoms with Gasteiger partial charge in [0.25, 0.3) is 0 Å². The molecule has 1 aliphatic carbocycles. The highest BCUT2D eigenvalue weighted by Gasteiger charge is 2.29. The van der Waals surface area contributed by atoms with Crippen molar-refractivity contribution in [2.24, 2.45) is 5.16 Å². The Kier molecular flexibility index (Phi) is 5.56. The summed E-state index contributed by atoms with van der Waals surface area (Å²) in [6, 6.07) is 4.26. The van der Waals surface area contributed by atoms with Crippen molar-refractivity contribution >= 4 is 21.4 Å². The molecule has 1 aromatic heterocycles. The second-order valence-electron chi connectivity index (χ2n) is 6.02. The Hall–Kier alpha value is -2.73. The zero-order valence-electron chi connectivity index (χ0n) is 14.2. The molecule has 0 saturated heterocycles. The van der Waals surface area contributed by atoms with E-state index in [0.717, 1.165) is 11.1 Å². The summed E-state index contributed by atoms with van der Waals surface area (Å²) in [4.78, 5) is 0. The van der Waals surface area contributed by atoms with Crippen molar-refractivity contribution in [2.45, 2.75) is 12.5 Å². The van der Waals surface area contributed by atoms with E-state index in [-0.39, 0.29) is 53.9 Å². The molecule has 0 fully saturated rings. The van der Waals surface area contributed by atoms with Gasteiger partial charge in [-0.05, 0) is 40.0 Å². The number of rotatable bonds is 8. The molecule has 0 radical (unpaired) electrons. The third kappa shape index (κ3) is 4.34. The summed E-state index contributed by atoms with van der Waals surface area (Å²) < 4.78 is 37.5. The summed E-state index contributed by atoms with van der Waals surface area (Å²) in [6.07, 6.45) is 0.630. The number of fused-ring (bicyclic) bond motifs is 1. The minimum absolute atomic E-state index is 0.00579. The van der Waals surface area contributed by atoms with Crippen LogP contribution in [0.1, 0.15) is 22.9 Å². The fourth-order valence-electron chi connectivity index (χ4n) is 2.76. The number of oxime groups is 1. The van der Waals surface area contributed by atoms with E-state index >= 15 is 0 Å². The molecule has 0 aliphatic heterocycles. The van der Waals surface area contributed by atoms with Gasteiger partial charge in [0, 0.05) is 22.0 Å². The zero-order valence-corrected chi connectivity index (χ0v) is 15.0. The third-order valence-corrected chi connectivity index (χ3v) is 5.88. The van der Waals surface area contributed by atoms with Crippen LogP contribution in [0.5, 0.6) is 0 Å². The predicted molar refractivity (Wildman–Crippen MR) is 94.8 cm³/mol. The zero-order chi connectivity index (χ0) is 19.4. The molecule has 2 atom stereocenters. The van der Waals surface area contributed by atoms with E-state index in [1.54, 1.807) is 6.07 Å². The van der Waals surface area contributed by atoms with Gasteiger partial charge in [0.1, 0.15) is 5.82 Å². The number of aromatic nitrogens is 2. The maximum absolute atomic E-state index is 13.4. The topological polar surface area (TPSA) is 157 Å². The van der Waals surface area contributed by atoms with Gasteiger partial charge in [0.05, 0.1) is 18.4 Å². The first-order valence-electron chi connectivity index (χ1n) is 8.12. The molecule has 0 amide bonds. The number of aliphatic hydroxyl groups excluding tert-OH is 1. The number of hydrogen-bond acceptors (Lipinski definition) is 9. The molecule has 1 aliphatic rings. The Morgan fingerprint density at radius 3 is 3.00 bits per heavy atom. The molecule has 0 spiro atoms. The molecule has 0 saturated carbocycles. The van der Waals surface area contributed by atoms with Crippen LogP contribution in [-0.2, 0) is 16.1 Å². The number of anilines is 1. The van der Waals surface area contributed by atoms with E-state index in [0.29, 0.717) is 6.42 Å². The molecule has 0 unspecified atom stereocenters. The Morgan fingerprint density at radius 2 is 2.26 bits per heavy atom. The number of halogens is 1. The Balaban J connectivity index is 1.65. The Bertz CT molecular complexity index is 946. The molecule has 12 heteroatoms. The molecule has 2 aromatic rings. The first kappa shape index (κ1) is 19.0. The van der Waals surface area contributed by atoms with Crippen molar-refractivity contribution in [3.8, 4) is 0 Å². The fraction of sp³-hybridized carbons (Fsp3) is 0.400. The SMILES string of the molecule is N=[S@](=O)(CCO)CCNc1nonc1C(=NO)N[C@H]1Cc2ccc(F)cc21. The van der Waals surface area contributed by atoms with E-state index in [4.69, 9.17) is 9.89 Å². The summed E-state index contributed by atoms with van der Waals surface area (Å²) >= 11 is 0. The summed E-state index contributed by atoms with van der Waals surface area (Å²) in [5.41, 5.74) is 1.86. The number of amidine groups is 1. The maximum atomic E-state index is 13.4. The lowest BCUT2D eigenvalue weighted by Gasteiger charge is -2.31. The van der Waals surface area contributed by atoms with Crippen LogP contribution in [0.4, 0.5) is 10.2 Å². The number of nitrogens with one attached hydrogen (secondary N) is 3. The predicted octanol–water partition coefficient (Wildman–Crippen LogP) is 0.682. The van der Waals surface area contributed by atoms with Crippen molar-refractivity contribution in [3.63, 3.8) is 0 Å². The maximum Gasteiger partial charge on any atom is 0.202 e. The monoisotopic (exact) mass is 398 g/mol. The lowest BCUT2D eigenvalue weighted by atomic mass is 9.83. The van der Waals surface area contributed by atoms with E-state index in [1.165, 1.54) is 12.1 Å². The average molecular weight is 398 g/mol. The number of aliphatic hydroxyl groups is 1. The van der Waals surface area contributed by atoms with Crippen LogP contribution in [-0.4, -0.2) is 55.3 Å². The van der Waals surface area contributed by atoms with Gasteiger partial charge in [0.2, 0.25) is 5.82 Å². The van der Waals surface area contributed by atoms with Crippen molar-refractivity contribution in [1.82, 2.24) is 15.6 Å². The third-order valence-electron chi connectivity index (χ3n) is 4.18. The second kappa shape index (κ2) is 7.88. The lowest BCUT2D eigenvalue weighted by Crippen LogP contribution is -2.37. The van der Waals surface area contributed by atoms with Gasteiger partial charge in [-0.25, -0.2) is 13.2 Å². The molecule has 10 nitrogen and oxygen atoms in total. The fourth-order valence-corrected chi connectivity index (χ4v) is 3.69. The van der Waals surface area contributed by atoms with Crippen LogP contribution in [0.3, 0.4) is 0 Å². The lowest BCUT2D eigenvalue weighted by molar-refractivity contribution is 0.303. The van der Waals surface area contributed by atoms with Crippen LogP contribution < -0.4 is 10.6 Å². The second-order valence-corrected chi connectivity index (χ2v) is 8.46. The van der Waals surface area contributed by atoms with Gasteiger partial charge in [-0.2, -0.15) is 0 Å². The Morgan fingerprint density at radius 1 is 1.44 bits per heavy atom. The van der Waals surface area contributed by atoms with E-state index < -0.39 is 9.73 Å². The van der Waals surface area contributed by atoms with Gasteiger partial charge < -0.3 is 20.9 Å². The van der Waals surface area contributed by atoms with Crippen LogP contribution in [0, 0.1) is 10.6 Å². The van der Waals surface area contributed by atoms with Crippen molar-refractivity contribution < 1.29 is 23.5 Å². The quantitative estimate of drug-likeness (QED) is 0.188. The first-order valence-corrected chi connectivity index (χ1v) is 10.0. The molecule has 3 rings (SSSR count). The van der Waals surface area contributed by atoms with Gasteiger partial charge >= 0.3 is 0 Å². The number of nitrogens with zero attached hydrogens (tertiary/aromatic N) is 3. The van der Waals surface area contributed by atoms with Crippen LogP contribution in [0.2, 0.25) is 0 Å². The summed E-state index contributed by atoms with van der Waals surface area (Å²) in [5.74, 6) is -0.334. The van der Waals surface area contributed by atoms with Gasteiger partial charge in [-0.1, -0.05) is 11.2 Å². The highest BCUT2D eigenvalue weighted by molar-refractivity contribution is 7.92. The Labute approximate surface area is 154 Å². The van der Waals surface area contributed by atoms with Crippen LogP contribution in [0.25, 0.3) is 0 Å². The minimum atomic E-state index is -2.90. The van der Waals surface area contributed by atoms with Gasteiger partial charge in [-0.15, -0.1) is 0 Å². The highest BCUT2D eigenvalue weighted by Crippen LogP contribution is 2.33. The standard InChI is InChI=1S/C15H19FN6O4S/c16-10-2-1-9-7-12(11(9)8-10)19-15(20-24)13-14(22-26-21-13)18-3-5-27(17,25)6-4-23/h1-2,8,12,17,23-24H,3-7H2,(H,18,22)(H,19,20)/t12-,27+/m0/s1. The van der Waals surface area contributed by atoms with E-state index in [1.807, 2.05) is 0 Å². The molecular formula is C15H19FN6O4S. The number of benzene rings is 1. The smallest absolute Gasteiger partial charge is 0.202 e. The van der Waals surface area contributed by atoms with Crippen LogP contribution >= 0.6 is 0 Å². The molecule has 1 heterocycles. The minimum Gasteiger partial charge on any atom is -0.409 e.